The Morgan fingerprint density at radius 2 is 1.70 bits per heavy atom. The van der Waals surface area contributed by atoms with Crippen LogP contribution in [0.3, 0.4) is 0 Å². The van der Waals surface area contributed by atoms with Gasteiger partial charge in [0.15, 0.2) is 11.5 Å². The molecule has 0 aliphatic carbocycles. The average Bonchev–Trinajstić information content (AvgIpc) is 3.08. The van der Waals surface area contributed by atoms with Crippen molar-refractivity contribution in [1.82, 2.24) is 0 Å². The Labute approximate surface area is 157 Å². The molecule has 6 nitrogen and oxygen atoms in total. The standard InChI is InChI=1S/C21H22O6/c1-13-7-19(24-3)20(25-4)8-14(13)11-27-21(22)9-15-12-26-18-10-16(23-2)5-6-17(15)18/h5-8,10,12H,9,11H2,1-4H3. The minimum absolute atomic E-state index is 0.131. The SMILES string of the molecule is COc1ccc2c(CC(=O)OCc3cc(OC)c(OC)cc3C)coc2c1. The van der Waals surface area contributed by atoms with Crippen LogP contribution in [0.5, 0.6) is 17.2 Å². The van der Waals surface area contributed by atoms with Crippen LogP contribution in [0, 0.1) is 6.92 Å². The van der Waals surface area contributed by atoms with E-state index in [4.69, 9.17) is 23.4 Å². The summed E-state index contributed by atoms with van der Waals surface area (Å²) < 4.78 is 26.7. The molecule has 0 aliphatic heterocycles. The Hall–Kier alpha value is -3.15. The topological polar surface area (TPSA) is 67.1 Å². The van der Waals surface area contributed by atoms with Crippen molar-refractivity contribution in [3.8, 4) is 17.2 Å². The van der Waals surface area contributed by atoms with E-state index in [-0.39, 0.29) is 19.0 Å². The normalized spacial score (nSPS) is 10.7. The van der Waals surface area contributed by atoms with Gasteiger partial charge in [-0.05, 0) is 42.3 Å². The molecule has 0 N–H and O–H groups in total. The lowest BCUT2D eigenvalue weighted by Crippen LogP contribution is -2.08. The van der Waals surface area contributed by atoms with E-state index in [0.29, 0.717) is 22.8 Å². The van der Waals surface area contributed by atoms with Crippen LogP contribution in [-0.4, -0.2) is 27.3 Å². The number of carbonyl (C=O) groups excluding carboxylic acids is 1. The Bertz CT molecular complexity index is 957. The van der Waals surface area contributed by atoms with Gasteiger partial charge in [0.25, 0.3) is 0 Å². The van der Waals surface area contributed by atoms with Crippen LogP contribution >= 0.6 is 0 Å². The highest BCUT2D eigenvalue weighted by Gasteiger charge is 2.14. The zero-order valence-corrected chi connectivity index (χ0v) is 15.8. The van der Waals surface area contributed by atoms with E-state index in [1.54, 1.807) is 33.7 Å². The lowest BCUT2D eigenvalue weighted by atomic mass is 10.1. The van der Waals surface area contributed by atoms with Crippen molar-refractivity contribution < 1.29 is 28.2 Å². The molecular weight excluding hydrogens is 348 g/mol. The van der Waals surface area contributed by atoms with Crippen LogP contribution in [0.25, 0.3) is 11.0 Å². The minimum atomic E-state index is -0.331. The zero-order chi connectivity index (χ0) is 19.4. The Kier molecular flexibility index (Phi) is 5.54. The molecule has 0 unspecified atom stereocenters. The maximum Gasteiger partial charge on any atom is 0.310 e. The molecule has 3 rings (SSSR count). The molecule has 2 aromatic carbocycles. The lowest BCUT2D eigenvalue weighted by molar-refractivity contribution is -0.144. The molecule has 0 aliphatic rings. The van der Waals surface area contributed by atoms with Crippen LogP contribution in [0.15, 0.2) is 41.0 Å². The summed E-state index contributed by atoms with van der Waals surface area (Å²) in [5.74, 6) is 1.62. The van der Waals surface area contributed by atoms with E-state index < -0.39 is 0 Å². The maximum atomic E-state index is 12.3. The number of rotatable bonds is 7. The Morgan fingerprint density at radius 1 is 0.963 bits per heavy atom. The molecule has 142 valence electrons. The second-order valence-electron chi connectivity index (χ2n) is 6.09. The fraction of sp³-hybridized carbons (Fsp3) is 0.286. The fourth-order valence-corrected chi connectivity index (χ4v) is 2.87. The first-order valence-electron chi connectivity index (χ1n) is 8.47. The minimum Gasteiger partial charge on any atom is -0.497 e. The molecule has 0 fully saturated rings. The van der Waals surface area contributed by atoms with Gasteiger partial charge in [0.05, 0.1) is 34.0 Å². The Morgan fingerprint density at radius 3 is 2.41 bits per heavy atom. The highest BCUT2D eigenvalue weighted by atomic mass is 16.5. The quantitative estimate of drug-likeness (QED) is 0.585. The van der Waals surface area contributed by atoms with E-state index in [9.17, 15) is 4.79 Å². The molecule has 0 saturated heterocycles. The second kappa shape index (κ2) is 8.03. The number of ether oxygens (including phenoxy) is 4. The van der Waals surface area contributed by atoms with Crippen molar-refractivity contribution in [2.75, 3.05) is 21.3 Å². The van der Waals surface area contributed by atoms with Gasteiger partial charge in [0, 0.05) is 17.0 Å². The van der Waals surface area contributed by atoms with Crippen molar-refractivity contribution in [3.63, 3.8) is 0 Å². The average molecular weight is 370 g/mol. The van der Waals surface area contributed by atoms with Gasteiger partial charge < -0.3 is 23.4 Å². The first-order valence-corrected chi connectivity index (χ1v) is 8.47. The number of fused-ring (bicyclic) bond motifs is 1. The molecule has 0 saturated carbocycles. The molecule has 0 bridgehead atoms. The van der Waals surface area contributed by atoms with Crippen LogP contribution in [0.1, 0.15) is 16.7 Å². The molecule has 0 spiro atoms. The summed E-state index contributed by atoms with van der Waals surface area (Å²) in [5, 5.41) is 0.870. The van der Waals surface area contributed by atoms with Gasteiger partial charge >= 0.3 is 5.97 Å². The molecule has 0 atom stereocenters. The van der Waals surface area contributed by atoms with Gasteiger partial charge in [-0.25, -0.2) is 0 Å². The summed E-state index contributed by atoms with van der Waals surface area (Å²) in [4.78, 5) is 12.3. The summed E-state index contributed by atoms with van der Waals surface area (Å²) in [5.41, 5.74) is 3.28. The van der Waals surface area contributed by atoms with E-state index >= 15 is 0 Å². The zero-order valence-electron chi connectivity index (χ0n) is 15.8. The summed E-state index contributed by atoms with van der Waals surface area (Å²) in [7, 11) is 4.75. The smallest absolute Gasteiger partial charge is 0.310 e. The summed E-state index contributed by atoms with van der Waals surface area (Å²) in [6, 6.07) is 9.18. The summed E-state index contributed by atoms with van der Waals surface area (Å²) >= 11 is 0. The van der Waals surface area contributed by atoms with E-state index in [1.165, 1.54) is 0 Å². The lowest BCUT2D eigenvalue weighted by Gasteiger charge is -2.13. The third-order valence-corrected chi connectivity index (χ3v) is 4.43. The second-order valence-corrected chi connectivity index (χ2v) is 6.09. The molecule has 27 heavy (non-hydrogen) atoms. The van der Waals surface area contributed by atoms with Crippen LogP contribution in [0.2, 0.25) is 0 Å². The first kappa shape index (κ1) is 18.6. The van der Waals surface area contributed by atoms with Crippen molar-refractivity contribution in [3.05, 3.63) is 53.3 Å². The molecule has 0 amide bonds. The van der Waals surface area contributed by atoms with Gasteiger partial charge in [-0.2, -0.15) is 0 Å². The third kappa shape index (κ3) is 4.00. The summed E-state index contributed by atoms with van der Waals surface area (Å²) in [6.07, 6.45) is 1.71. The van der Waals surface area contributed by atoms with E-state index in [0.717, 1.165) is 22.1 Å². The van der Waals surface area contributed by atoms with Gasteiger partial charge in [-0.3, -0.25) is 4.79 Å². The summed E-state index contributed by atoms with van der Waals surface area (Å²) in [6.45, 7) is 2.09. The first-order chi connectivity index (χ1) is 13.0. The highest BCUT2D eigenvalue weighted by molar-refractivity contribution is 5.86. The molecule has 1 heterocycles. The van der Waals surface area contributed by atoms with Crippen molar-refractivity contribution in [1.29, 1.82) is 0 Å². The van der Waals surface area contributed by atoms with Crippen molar-refractivity contribution in [2.24, 2.45) is 0 Å². The van der Waals surface area contributed by atoms with Crippen molar-refractivity contribution in [2.45, 2.75) is 20.0 Å². The maximum absolute atomic E-state index is 12.3. The number of aryl methyl sites for hydroxylation is 1. The third-order valence-electron chi connectivity index (χ3n) is 4.43. The van der Waals surface area contributed by atoms with Crippen molar-refractivity contribution >= 4 is 16.9 Å². The van der Waals surface area contributed by atoms with E-state index in [1.807, 2.05) is 31.2 Å². The number of furan rings is 1. The fourth-order valence-electron chi connectivity index (χ4n) is 2.87. The number of carbonyl (C=O) groups is 1. The monoisotopic (exact) mass is 370 g/mol. The van der Waals surface area contributed by atoms with Crippen LogP contribution in [-0.2, 0) is 22.6 Å². The molecule has 3 aromatic rings. The largest absolute Gasteiger partial charge is 0.497 e. The Balaban J connectivity index is 1.68. The number of methoxy groups -OCH3 is 3. The van der Waals surface area contributed by atoms with E-state index in [2.05, 4.69) is 0 Å². The van der Waals surface area contributed by atoms with Crippen LogP contribution in [0.4, 0.5) is 0 Å². The van der Waals surface area contributed by atoms with Gasteiger partial charge in [0.1, 0.15) is 17.9 Å². The number of esters is 1. The highest BCUT2D eigenvalue weighted by Crippen LogP contribution is 2.31. The number of benzene rings is 2. The molecule has 0 radical (unpaired) electrons. The van der Waals surface area contributed by atoms with Gasteiger partial charge in [0.2, 0.25) is 0 Å². The molecular formula is C21H22O6. The number of hydrogen-bond acceptors (Lipinski definition) is 6. The molecule has 6 heteroatoms. The number of hydrogen-bond donors (Lipinski definition) is 0. The predicted molar refractivity (Wildman–Crippen MR) is 101 cm³/mol. The molecule has 1 aromatic heterocycles. The van der Waals surface area contributed by atoms with Crippen LogP contribution < -0.4 is 14.2 Å². The van der Waals surface area contributed by atoms with Gasteiger partial charge in [-0.15, -0.1) is 0 Å². The predicted octanol–water partition coefficient (Wildman–Crippen LogP) is 4.05. The van der Waals surface area contributed by atoms with Gasteiger partial charge in [-0.1, -0.05) is 0 Å².